The van der Waals surface area contributed by atoms with Crippen molar-refractivity contribution in [3.05, 3.63) is 48.7 Å². The van der Waals surface area contributed by atoms with Crippen molar-refractivity contribution in [2.24, 2.45) is 5.73 Å². The van der Waals surface area contributed by atoms with Gasteiger partial charge in [-0.2, -0.15) is 0 Å². The smallest absolute Gasteiger partial charge is 0.00108 e. The molecule has 0 unspecified atom stereocenters. The molecular formula is C12H19N. The van der Waals surface area contributed by atoms with Gasteiger partial charge in [0.15, 0.2) is 0 Å². The topological polar surface area (TPSA) is 26.0 Å². The minimum Gasteiger partial charge on any atom is -0.403 e. The third kappa shape index (κ3) is 8.67. The molecular weight excluding hydrogens is 158 g/mol. The first kappa shape index (κ1) is 11.8. The van der Waals surface area contributed by atoms with Gasteiger partial charge in [0, 0.05) is 5.70 Å². The van der Waals surface area contributed by atoms with Gasteiger partial charge < -0.3 is 5.73 Å². The first-order valence-corrected chi connectivity index (χ1v) is 4.44. The quantitative estimate of drug-likeness (QED) is 0.489. The maximum absolute atomic E-state index is 5.44. The predicted octanol–water partition coefficient (Wildman–Crippen LogP) is 3.32. The molecule has 2 N–H and O–H groups in total. The summed E-state index contributed by atoms with van der Waals surface area (Å²) in [7, 11) is 0. The van der Waals surface area contributed by atoms with E-state index < -0.39 is 0 Å². The van der Waals surface area contributed by atoms with E-state index in [1.54, 1.807) is 0 Å². The van der Waals surface area contributed by atoms with Gasteiger partial charge in [-0.3, -0.25) is 0 Å². The van der Waals surface area contributed by atoms with E-state index in [1.807, 2.05) is 13.0 Å². The monoisotopic (exact) mass is 177 g/mol. The van der Waals surface area contributed by atoms with Gasteiger partial charge in [0.05, 0.1) is 0 Å². The van der Waals surface area contributed by atoms with Crippen LogP contribution in [0.25, 0.3) is 0 Å². The van der Waals surface area contributed by atoms with Crippen LogP contribution in [0.15, 0.2) is 48.7 Å². The second kappa shape index (κ2) is 6.30. The van der Waals surface area contributed by atoms with Gasteiger partial charge in [-0.1, -0.05) is 43.0 Å². The molecule has 0 aromatic heterocycles. The van der Waals surface area contributed by atoms with E-state index in [-0.39, 0.29) is 0 Å². The maximum atomic E-state index is 5.44. The van der Waals surface area contributed by atoms with E-state index in [0.717, 1.165) is 36.1 Å². The molecule has 0 heterocycles. The summed E-state index contributed by atoms with van der Waals surface area (Å²) in [5.74, 6) is 0. The molecule has 0 aliphatic rings. The summed E-state index contributed by atoms with van der Waals surface area (Å²) in [6.45, 7) is 13.4. The number of hydrogen-bond acceptors (Lipinski definition) is 1. The highest BCUT2D eigenvalue weighted by atomic mass is 14.5. The lowest BCUT2D eigenvalue weighted by atomic mass is 10.1. The molecule has 0 saturated heterocycles. The highest BCUT2D eigenvalue weighted by molar-refractivity contribution is 5.17. The van der Waals surface area contributed by atoms with Gasteiger partial charge in [0.2, 0.25) is 0 Å². The maximum Gasteiger partial charge on any atom is 0.00108 e. The minimum atomic E-state index is 0.717. The Hall–Kier alpha value is -1.24. The Morgan fingerprint density at radius 2 is 1.85 bits per heavy atom. The van der Waals surface area contributed by atoms with Crippen LogP contribution in [0, 0.1) is 0 Å². The van der Waals surface area contributed by atoms with Crippen LogP contribution in [0.3, 0.4) is 0 Å². The lowest BCUT2D eigenvalue weighted by Gasteiger charge is -1.99. The van der Waals surface area contributed by atoms with Crippen LogP contribution in [0.1, 0.15) is 26.2 Å². The fourth-order valence-electron chi connectivity index (χ4n) is 0.831. The second-order valence-electron chi connectivity index (χ2n) is 3.38. The Bertz CT molecular complexity index is 234. The van der Waals surface area contributed by atoms with Crippen LogP contribution in [-0.4, -0.2) is 0 Å². The fraction of sp³-hybridized carbons (Fsp3) is 0.333. The highest BCUT2D eigenvalue weighted by Gasteiger charge is 1.90. The van der Waals surface area contributed by atoms with Crippen LogP contribution >= 0.6 is 0 Å². The Morgan fingerprint density at radius 3 is 2.31 bits per heavy atom. The Kier molecular flexibility index (Phi) is 5.69. The van der Waals surface area contributed by atoms with E-state index in [2.05, 4.69) is 25.8 Å². The van der Waals surface area contributed by atoms with Crippen molar-refractivity contribution < 1.29 is 0 Å². The minimum absolute atomic E-state index is 0.717. The molecule has 0 bridgehead atoms. The standard InChI is InChI=1S/C12H19N/c1-10(2)6-5-7-11(3)8-9-12(4)13/h5,7H,1,3-4,6,8-9,13H2,2H3/b7-5-. The first-order chi connectivity index (χ1) is 6.02. The van der Waals surface area contributed by atoms with Gasteiger partial charge in [0.25, 0.3) is 0 Å². The normalized spacial score (nSPS) is 10.2. The third-order valence-electron chi connectivity index (χ3n) is 1.59. The number of nitrogens with two attached hydrogens (primary N) is 1. The van der Waals surface area contributed by atoms with E-state index in [4.69, 9.17) is 5.73 Å². The van der Waals surface area contributed by atoms with Crippen LogP contribution in [0.4, 0.5) is 0 Å². The lowest BCUT2D eigenvalue weighted by molar-refractivity contribution is 0.938. The summed E-state index contributed by atoms with van der Waals surface area (Å²) < 4.78 is 0. The Morgan fingerprint density at radius 1 is 1.23 bits per heavy atom. The molecule has 1 heteroatoms. The molecule has 0 spiro atoms. The largest absolute Gasteiger partial charge is 0.403 e. The van der Waals surface area contributed by atoms with Crippen molar-refractivity contribution in [2.75, 3.05) is 0 Å². The van der Waals surface area contributed by atoms with Gasteiger partial charge in [-0.25, -0.2) is 0 Å². The van der Waals surface area contributed by atoms with E-state index in [1.165, 1.54) is 0 Å². The summed E-state index contributed by atoms with van der Waals surface area (Å²) in [6, 6.07) is 0. The SMILES string of the molecule is C=C(C)C/C=C\C(=C)CCC(=C)N. The molecule has 0 aromatic carbocycles. The molecule has 0 aliphatic carbocycles. The fourth-order valence-corrected chi connectivity index (χ4v) is 0.831. The number of hydrogen-bond donors (Lipinski definition) is 1. The summed E-state index contributed by atoms with van der Waals surface area (Å²) in [6.07, 6.45) is 6.72. The van der Waals surface area contributed by atoms with Crippen LogP contribution in [0.2, 0.25) is 0 Å². The number of rotatable bonds is 6. The van der Waals surface area contributed by atoms with E-state index in [9.17, 15) is 0 Å². The van der Waals surface area contributed by atoms with Crippen LogP contribution in [-0.2, 0) is 0 Å². The Balaban J connectivity index is 3.67. The predicted molar refractivity (Wildman–Crippen MR) is 60.3 cm³/mol. The molecule has 0 aromatic rings. The van der Waals surface area contributed by atoms with Crippen molar-refractivity contribution >= 4 is 0 Å². The zero-order valence-corrected chi connectivity index (χ0v) is 8.47. The van der Waals surface area contributed by atoms with Crippen molar-refractivity contribution in [2.45, 2.75) is 26.2 Å². The summed E-state index contributed by atoms with van der Waals surface area (Å²) in [4.78, 5) is 0. The Labute approximate surface area is 81.3 Å². The molecule has 0 radical (unpaired) electrons. The third-order valence-corrected chi connectivity index (χ3v) is 1.59. The van der Waals surface area contributed by atoms with Crippen LogP contribution < -0.4 is 5.73 Å². The van der Waals surface area contributed by atoms with Gasteiger partial charge in [-0.15, -0.1) is 0 Å². The summed E-state index contributed by atoms with van der Waals surface area (Å²) in [5, 5.41) is 0. The highest BCUT2D eigenvalue weighted by Crippen LogP contribution is 2.08. The van der Waals surface area contributed by atoms with Crippen molar-refractivity contribution in [1.82, 2.24) is 0 Å². The summed E-state index contributed by atoms with van der Waals surface area (Å²) >= 11 is 0. The van der Waals surface area contributed by atoms with Crippen molar-refractivity contribution in [1.29, 1.82) is 0 Å². The van der Waals surface area contributed by atoms with Crippen molar-refractivity contribution in [3.63, 3.8) is 0 Å². The van der Waals surface area contributed by atoms with Crippen LogP contribution in [0.5, 0.6) is 0 Å². The average molecular weight is 177 g/mol. The lowest BCUT2D eigenvalue weighted by Crippen LogP contribution is -1.94. The molecule has 0 fully saturated rings. The molecule has 0 aliphatic heterocycles. The number of allylic oxidation sites excluding steroid dienone is 5. The second-order valence-corrected chi connectivity index (χ2v) is 3.38. The molecule has 72 valence electrons. The molecule has 0 atom stereocenters. The van der Waals surface area contributed by atoms with Crippen molar-refractivity contribution in [3.8, 4) is 0 Å². The average Bonchev–Trinajstić information content (AvgIpc) is 2.00. The molecule has 0 amide bonds. The van der Waals surface area contributed by atoms with Gasteiger partial charge in [-0.05, 0) is 26.2 Å². The van der Waals surface area contributed by atoms with E-state index in [0.29, 0.717) is 0 Å². The molecule has 0 rings (SSSR count). The zero-order chi connectivity index (χ0) is 10.3. The molecule has 13 heavy (non-hydrogen) atoms. The van der Waals surface area contributed by atoms with Gasteiger partial charge >= 0.3 is 0 Å². The summed E-state index contributed by atoms with van der Waals surface area (Å²) in [5.41, 5.74) is 8.41. The zero-order valence-electron chi connectivity index (χ0n) is 8.47. The van der Waals surface area contributed by atoms with E-state index >= 15 is 0 Å². The molecule has 1 nitrogen and oxygen atoms in total. The van der Waals surface area contributed by atoms with Gasteiger partial charge in [0.1, 0.15) is 0 Å². The first-order valence-electron chi connectivity index (χ1n) is 4.44. The molecule has 0 saturated carbocycles.